The smallest absolute Gasteiger partial charge is 0.180 e. The van der Waals surface area contributed by atoms with Gasteiger partial charge in [-0.15, -0.1) is 17.5 Å². The van der Waals surface area contributed by atoms with E-state index in [1.54, 1.807) is 6.07 Å². The number of nitrogens with zero attached hydrogens (tertiary/aromatic N) is 6. The van der Waals surface area contributed by atoms with E-state index in [4.69, 9.17) is 4.52 Å². The molecule has 29 heavy (non-hydrogen) atoms. The van der Waals surface area contributed by atoms with Crippen molar-refractivity contribution < 1.29 is 8.91 Å². The van der Waals surface area contributed by atoms with Crippen LogP contribution in [0.15, 0.2) is 47.0 Å². The molecular formula is C20H22ClFN6O. The average Bonchev–Trinajstić information content (AvgIpc) is 3.33. The number of hydrogen-bond donors (Lipinski definition) is 0. The molecule has 1 fully saturated rings. The third kappa shape index (κ3) is 3.90. The van der Waals surface area contributed by atoms with Gasteiger partial charge in [0.1, 0.15) is 11.3 Å². The van der Waals surface area contributed by atoms with Gasteiger partial charge in [0.05, 0.1) is 10.9 Å². The number of halogens is 2. The van der Waals surface area contributed by atoms with E-state index in [1.807, 2.05) is 22.9 Å². The maximum absolute atomic E-state index is 13.3. The molecule has 0 spiro atoms. The number of benzene rings is 2. The van der Waals surface area contributed by atoms with Crippen LogP contribution in [0.3, 0.4) is 0 Å². The normalized spacial score (nSPS) is 15.1. The number of aromatic nitrogens is 4. The molecule has 0 amide bonds. The first-order chi connectivity index (χ1) is 13.8. The highest BCUT2D eigenvalue weighted by molar-refractivity contribution is 5.88. The standard InChI is InChI=1S/C20H21FN6O.ClH/c21-15-6-7-16-19(14-15)28-23-20(16)26-12-10-25(11-13-26)8-3-9-27-18-5-2-1-4-17(18)22-24-27;/h1-2,4-7,14H,3,8-13H2;1H. The molecule has 2 aromatic heterocycles. The van der Waals surface area contributed by atoms with Crippen LogP contribution in [0.5, 0.6) is 0 Å². The molecule has 0 atom stereocenters. The molecule has 9 heteroatoms. The van der Waals surface area contributed by atoms with Crippen LogP contribution >= 0.6 is 12.4 Å². The summed E-state index contributed by atoms with van der Waals surface area (Å²) in [4.78, 5) is 4.67. The number of fused-ring (bicyclic) bond motifs is 2. The number of hydrogen-bond acceptors (Lipinski definition) is 6. The summed E-state index contributed by atoms with van der Waals surface area (Å²) in [5.41, 5.74) is 2.52. The summed E-state index contributed by atoms with van der Waals surface area (Å²) in [5.74, 6) is 0.504. The van der Waals surface area contributed by atoms with Gasteiger partial charge in [0.15, 0.2) is 11.4 Å². The van der Waals surface area contributed by atoms with E-state index in [1.165, 1.54) is 12.1 Å². The minimum Gasteiger partial charge on any atom is -0.354 e. The second-order valence-corrected chi connectivity index (χ2v) is 7.13. The molecule has 1 aliphatic rings. The molecule has 4 aromatic rings. The number of rotatable bonds is 5. The summed E-state index contributed by atoms with van der Waals surface area (Å²) in [6.07, 6.45) is 1.03. The van der Waals surface area contributed by atoms with Crippen molar-refractivity contribution in [3.05, 3.63) is 48.3 Å². The minimum atomic E-state index is -0.305. The molecule has 0 unspecified atom stereocenters. The van der Waals surface area contributed by atoms with Gasteiger partial charge in [-0.25, -0.2) is 9.07 Å². The Hall–Kier alpha value is -2.71. The van der Waals surface area contributed by atoms with Crippen molar-refractivity contribution in [1.82, 2.24) is 25.1 Å². The van der Waals surface area contributed by atoms with Crippen molar-refractivity contribution in [3.8, 4) is 0 Å². The highest BCUT2D eigenvalue weighted by atomic mass is 35.5. The Morgan fingerprint density at radius 1 is 1.00 bits per heavy atom. The maximum Gasteiger partial charge on any atom is 0.180 e. The molecule has 3 heterocycles. The molecule has 0 radical (unpaired) electrons. The van der Waals surface area contributed by atoms with Crippen LogP contribution in [0.1, 0.15) is 6.42 Å². The van der Waals surface area contributed by atoms with Gasteiger partial charge in [-0.05, 0) is 30.7 Å². The van der Waals surface area contributed by atoms with Gasteiger partial charge in [0, 0.05) is 45.3 Å². The number of para-hydroxylation sites is 1. The number of aryl methyl sites for hydroxylation is 1. The van der Waals surface area contributed by atoms with E-state index in [9.17, 15) is 4.39 Å². The second-order valence-electron chi connectivity index (χ2n) is 7.13. The molecule has 152 valence electrons. The highest BCUT2D eigenvalue weighted by Gasteiger charge is 2.21. The first-order valence-corrected chi connectivity index (χ1v) is 9.58. The van der Waals surface area contributed by atoms with Gasteiger partial charge in [-0.3, -0.25) is 4.90 Å². The molecule has 2 aromatic carbocycles. The van der Waals surface area contributed by atoms with Crippen LogP contribution in [0.4, 0.5) is 10.2 Å². The Morgan fingerprint density at radius 2 is 1.83 bits per heavy atom. The molecule has 1 saturated heterocycles. The first-order valence-electron chi connectivity index (χ1n) is 9.58. The van der Waals surface area contributed by atoms with Crippen LogP contribution < -0.4 is 4.90 Å². The summed E-state index contributed by atoms with van der Waals surface area (Å²) < 4.78 is 20.6. The van der Waals surface area contributed by atoms with E-state index in [0.29, 0.717) is 5.58 Å². The predicted octanol–water partition coefficient (Wildman–Crippen LogP) is 3.35. The zero-order valence-corrected chi connectivity index (χ0v) is 16.7. The zero-order chi connectivity index (χ0) is 18.9. The van der Waals surface area contributed by atoms with E-state index < -0.39 is 0 Å². The van der Waals surface area contributed by atoms with Gasteiger partial charge in [-0.1, -0.05) is 22.5 Å². The fraction of sp³-hybridized carbons (Fsp3) is 0.350. The molecule has 0 saturated carbocycles. The SMILES string of the molecule is Cl.Fc1ccc2c(N3CCN(CCCn4nnc5ccccc54)CC3)noc2c1. The Morgan fingerprint density at radius 3 is 2.69 bits per heavy atom. The predicted molar refractivity (Wildman–Crippen MR) is 112 cm³/mol. The van der Waals surface area contributed by atoms with Gasteiger partial charge in [0.2, 0.25) is 0 Å². The van der Waals surface area contributed by atoms with Crippen molar-refractivity contribution in [3.63, 3.8) is 0 Å². The molecular weight excluding hydrogens is 395 g/mol. The van der Waals surface area contributed by atoms with Gasteiger partial charge < -0.3 is 9.42 Å². The zero-order valence-electron chi connectivity index (χ0n) is 15.9. The summed E-state index contributed by atoms with van der Waals surface area (Å²) in [5, 5.41) is 13.5. The highest BCUT2D eigenvalue weighted by Crippen LogP contribution is 2.27. The fourth-order valence-corrected chi connectivity index (χ4v) is 3.84. The molecule has 5 rings (SSSR count). The Kier molecular flexibility index (Phi) is 5.64. The summed E-state index contributed by atoms with van der Waals surface area (Å²) >= 11 is 0. The van der Waals surface area contributed by atoms with Gasteiger partial charge >= 0.3 is 0 Å². The van der Waals surface area contributed by atoms with Crippen LogP contribution in [0.25, 0.3) is 22.0 Å². The van der Waals surface area contributed by atoms with Crippen LogP contribution in [0.2, 0.25) is 0 Å². The van der Waals surface area contributed by atoms with Crippen molar-refractivity contribution in [2.75, 3.05) is 37.6 Å². The molecule has 1 aliphatic heterocycles. The summed E-state index contributed by atoms with van der Waals surface area (Å²) in [6, 6.07) is 12.6. The van der Waals surface area contributed by atoms with Crippen molar-refractivity contribution in [1.29, 1.82) is 0 Å². The Labute approximate surface area is 173 Å². The van der Waals surface area contributed by atoms with E-state index in [-0.39, 0.29) is 18.2 Å². The molecule has 0 aliphatic carbocycles. The van der Waals surface area contributed by atoms with Crippen LogP contribution in [0, 0.1) is 5.82 Å². The molecule has 7 nitrogen and oxygen atoms in total. The third-order valence-corrected chi connectivity index (χ3v) is 5.35. The first kappa shape index (κ1) is 19.6. The summed E-state index contributed by atoms with van der Waals surface area (Å²) in [6.45, 7) is 5.57. The summed E-state index contributed by atoms with van der Waals surface area (Å²) in [7, 11) is 0. The lowest BCUT2D eigenvalue weighted by molar-refractivity contribution is 0.248. The van der Waals surface area contributed by atoms with Gasteiger partial charge in [-0.2, -0.15) is 0 Å². The van der Waals surface area contributed by atoms with E-state index in [2.05, 4.69) is 31.3 Å². The lowest BCUT2D eigenvalue weighted by Crippen LogP contribution is -2.47. The van der Waals surface area contributed by atoms with Crippen LogP contribution in [-0.2, 0) is 6.54 Å². The van der Waals surface area contributed by atoms with Crippen LogP contribution in [-0.4, -0.2) is 57.8 Å². The lowest BCUT2D eigenvalue weighted by Gasteiger charge is -2.34. The van der Waals surface area contributed by atoms with Crippen molar-refractivity contribution >= 4 is 40.2 Å². The minimum absolute atomic E-state index is 0. The monoisotopic (exact) mass is 416 g/mol. The topological polar surface area (TPSA) is 63.2 Å². The lowest BCUT2D eigenvalue weighted by atomic mass is 10.2. The van der Waals surface area contributed by atoms with Gasteiger partial charge in [0.25, 0.3) is 0 Å². The van der Waals surface area contributed by atoms with E-state index >= 15 is 0 Å². The third-order valence-electron chi connectivity index (χ3n) is 5.35. The Bertz CT molecular complexity index is 1100. The van der Waals surface area contributed by atoms with E-state index in [0.717, 1.165) is 67.9 Å². The average molecular weight is 417 g/mol. The van der Waals surface area contributed by atoms with Crippen molar-refractivity contribution in [2.45, 2.75) is 13.0 Å². The fourth-order valence-electron chi connectivity index (χ4n) is 3.84. The quantitative estimate of drug-likeness (QED) is 0.497. The maximum atomic E-state index is 13.3. The largest absolute Gasteiger partial charge is 0.354 e. The molecule has 0 bridgehead atoms. The Balaban J connectivity index is 0.00000205. The number of anilines is 1. The number of piperazine rings is 1. The van der Waals surface area contributed by atoms with Crippen molar-refractivity contribution in [2.24, 2.45) is 0 Å². The molecule has 0 N–H and O–H groups in total. The second kappa shape index (κ2) is 8.34.